The Kier molecular flexibility index (Phi) is 5.42. The number of halogens is 1. The highest BCUT2D eigenvalue weighted by molar-refractivity contribution is 7.80. The third kappa shape index (κ3) is 3.89. The molecule has 0 bridgehead atoms. The van der Waals surface area contributed by atoms with E-state index in [0.29, 0.717) is 0 Å². The van der Waals surface area contributed by atoms with Crippen LogP contribution in [0.25, 0.3) is 0 Å². The molecule has 78 valence electrons. The topological polar surface area (TPSA) is 46.5 Å². The van der Waals surface area contributed by atoms with E-state index in [1.165, 1.54) is 0 Å². The standard InChI is InChI=1S/C9H10O3S.ClH/c1-6-2-4-7(5-3-6)8(13)12-9(10)11;/h2-5,8,13H,1H3,(H,10,11);1H. The van der Waals surface area contributed by atoms with E-state index in [1.807, 2.05) is 19.1 Å². The van der Waals surface area contributed by atoms with E-state index >= 15 is 0 Å². The third-order valence-corrected chi connectivity index (χ3v) is 1.98. The predicted octanol–water partition coefficient (Wildman–Crippen LogP) is 3.04. The molecule has 0 saturated carbocycles. The average molecular weight is 235 g/mol. The third-order valence-electron chi connectivity index (χ3n) is 1.57. The molecule has 1 aromatic rings. The molecule has 0 aliphatic rings. The minimum Gasteiger partial charge on any atom is -0.450 e. The van der Waals surface area contributed by atoms with Crippen LogP contribution < -0.4 is 0 Å². The summed E-state index contributed by atoms with van der Waals surface area (Å²) < 4.78 is 4.46. The number of carbonyl (C=O) groups is 1. The van der Waals surface area contributed by atoms with E-state index in [1.54, 1.807) is 12.1 Å². The fraction of sp³-hybridized carbons (Fsp3) is 0.222. The van der Waals surface area contributed by atoms with Crippen molar-refractivity contribution in [2.75, 3.05) is 0 Å². The van der Waals surface area contributed by atoms with E-state index in [9.17, 15) is 4.79 Å². The summed E-state index contributed by atoms with van der Waals surface area (Å²) in [5, 5.41) is 8.33. The molecule has 1 rings (SSSR count). The number of rotatable bonds is 2. The quantitative estimate of drug-likeness (QED) is 0.470. The van der Waals surface area contributed by atoms with Crippen LogP contribution in [0, 0.1) is 6.92 Å². The van der Waals surface area contributed by atoms with Crippen LogP contribution in [0.2, 0.25) is 0 Å². The minimum atomic E-state index is -1.32. The lowest BCUT2D eigenvalue weighted by atomic mass is 10.2. The molecule has 3 nitrogen and oxygen atoms in total. The summed E-state index contributed by atoms with van der Waals surface area (Å²) >= 11 is 3.99. The van der Waals surface area contributed by atoms with Crippen LogP contribution in [0.5, 0.6) is 0 Å². The highest BCUT2D eigenvalue weighted by Gasteiger charge is 2.09. The number of hydrogen-bond acceptors (Lipinski definition) is 3. The van der Waals surface area contributed by atoms with E-state index < -0.39 is 11.6 Å². The molecule has 0 fully saturated rings. The summed E-state index contributed by atoms with van der Waals surface area (Å²) in [6.45, 7) is 1.95. The first-order valence-electron chi connectivity index (χ1n) is 3.74. The maximum absolute atomic E-state index is 10.2. The van der Waals surface area contributed by atoms with Crippen molar-refractivity contribution in [3.8, 4) is 0 Å². The Morgan fingerprint density at radius 1 is 1.43 bits per heavy atom. The highest BCUT2D eigenvalue weighted by Crippen LogP contribution is 2.21. The van der Waals surface area contributed by atoms with Gasteiger partial charge in [0.05, 0.1) is 0 Å². The average Bonchev–Trinajstić information content (AvgIpc) is 2.04. The summed E-state index contributed by atoms with van der Waals surface area (Å²) in [5.41, 5.74) is 1.13. The van der Waals surface area contributed by atoms with Crippen molar-refractivity contribution in [3.63, 3.8) is 0 Å². The van der Waals surface area contributed by atoms with Crippen LogP contribution in [-0.2, 0) is 4.74 Å². The molecule has 0 spiro atoms. The van der Waals surface area contributed by atoms with E-state index in [4.69, 9.17) is 5.11 Å². The first-order chi connectivity index (χ1) is 6.09. The smallest absolute Gasteiger partial charge is 0.450 e. The van der Waals surface area contributed by atoms with Crippen LogP contribution in [0.15, 0.2) is 24.3 Å². The molecule has 1 aromatic carbocycles. The van der Waals surface area contributed by atoms with Crippen molar-refractivity contribution in [1.82, 2.24) is 0 Å². The van der Waals surface area contributed by atoms with Crippen LogP contribution in [-0.4, -0.2) is 11.3 Å². The van der Waals surface area contributed by atoms with Gasteiger partial charge in [-0.15, -0.1) is 25.0 Å². The maximum Gasteiger partial charge on any atom is 0.507 e. The Hall–Kier alpha value is -0.870. The second kappa shape index (κ2) is 5.78. The summed E-state index contributed by atoms with van der Waals surface area (Å²) in [5.74, 6) is 0. The van der Waals surface area contributed by atoms with Gasteiger partial charge in [-0.3, -0.25) is 0 Å². The van der Waals surface area contributed by atoms with Crippen molar-refractivity contribution in [1.29, 1.82) is 0 Å². The first kappa shape index (κ1) is 13.1. The second-order valence-electron chi connectivity index (χ2n) is 2.65. The summed E-state index contributed by atoms with van der Waals surface area (Å²) in [6.07, 6.45) is -1.32. The van der Waals surface area contributed by atoms with Gasteiger partial charge in [0.15, 0.2) is 5.44 Å². The molecular formula is C9H11ClO3S. The van der Waals surface area contributed by atoms with Gasteiger partial charge in [0.25, 0.3) is 0 Å². The molecule has 0 heterocycles. The van der Waals surface area contributed by atoms with Crippen molar-refractivity contribution in [2.45, 2.75) is 12.4 Å². The number of ether oxygens (including phenoxy) is 1. The van der Waals surface area contributed by atoms with Crippen molar-refractivity contribution in [3.05, 3.63) is 35.4 Å². The number of aryl methyl sites for hydroxylation is 1. The monoisotopic (exact) mass is 234 g/mol. The van der Waals surface area contributed by atoms with Gasteiger partial charge in [-0.1, -0.05) is 29.8 Å². The molecule has 0 saturated heterocycles. The SMILES string of the molecule is Cc1ccc(C(S)OC(=O)O)cc1.Cl. The van der Waals surface area contributed by atoms with Gasteiger partial charge >= 0.3 is 6.16 Å². The second-order valence-corrected chi connectivity index (χ2v) is 3.12. The summed E-state index contributed by atoms with van der Waals surface area (Å²) in [4.78, 5) is 10.2. The zero-order valence-electron chi connectivity index (χ0n) is 7.51. The fourth-order valence-corrected chi connectivity index (χ4v) is 1.16. The van der Waals surface area contributed by atoms with Gasteiger partial charge in [0.1, 0.15) is 0 Å². The molecule has 0 amide bonds. The van der Waals surface area contributed by atoms with Gasteiger partial charge in [-0.25, -0.2) is 4.79 Å². The number of carboxylic acid groups (broad SMARTS) is 1. The molecule has 0 aliphatic carbocycles. The zero-order valence-corrected chi connectivity index (χ0v) is 9.22. The Bertz CT molecular complexity index is 299. The molecule has 0 aliphatic heterocycles. The molecule has 1 unspecified atom stereocenters. The van der Waals surface area contributed by atoms with Gasteiger partial charge in [0, 0.05) is 5.56 Å². The predicted molar refractivity (Wildman–Crippen MR) is 59.3 cm³/mol. The van der Waals surface area contributed by atoms with Crippen molar-refractivity contribution >= 4 is 31.2 Å². The molecule has 0 radical (unpaired) electrons. The largest absolute Gasteiger partial charge is 0.507 e. The molecular weight excluding hydrogens is 224 g/mol. The van der Waals surface area contributed by atoms with Crippen molar-refractivity contribution < 1.29 is 14.6 Å². The van der Waals surface area contributed by atoms with E-state index in [-0.39, 0.29) is 12.4 Å². The molecule has 0 aromatic heterocycles. The van der Waals surface area contributed by atoms with Crippen LogP contribution in [0.4, 0.5) is 4.79 Å². The Morgan fingerprint density at radius 3 is 2.36 bits per heavy atom. The molecule has 1 atom stereocenters. The maximum atomic E-state index is 10.2. The van der Waals surface area contributed by atoms with E-state index in [0.717, 1.165) is 11.1 Å². The van der Waals surface area contributed by atoms with Crippen LogP contribution >= 0.6 is 25.0 Å². The molecule has 1 N–H and O–H groups in total. The Balaban J connectivity index is 0.00000169. The Morgan fingerprint density at radius 2 is 1.93 bits per heavy atom. The van der Waals surface area contributed by atoms with E-state index in [2.05, 4.69) is 17.4 Å². The number of thiol groups is 1. The van der Waals surface area contributed by atoms with Gasteiger partial charge in [0.2, 0.25) is 0 Å². The van der Waals surface area contributed by atoms with Gasteiger partial charge < -0.3 is 9.84 Å². The van der Waals surface area contributed by atoms with Crippen LogP contribution in [0.1, 0.15) is 16.6 Å². The Labute approximate surface area is 93.9 Å². The van der Waals surface area contributed by atoms with Gasteiger partial charge in [-0.2, -0.15) is 0 Å². The summed E-state index contributed by atoms with van der Waals surface area (Å²) in [7, 11) is 0. The molecule has 14 heavy (non-hydrogen) atoms. The van der Waals surface area contributed by atoms with Gasteiger partial charge in [-0.05, 0) is 6.92 Å². The zero-order chi connectivity index (χ0) is 9.84. The lowest BCUT2D eigenvalue weighted by Gasteiger charge is -2.09. The number of hydrogen-bond donors (Lipinski definition) is 2. The number of benzene rings is 1. The normalized spacial score (nSPS) is 11.3. The highest BCUT2D eigenvalue weighted by atomic mass is 35.5. The first-order valence-corrected chi connectivity index (χ1v) is 4.25. The summed E-state index contributed by atoms with van der Waals surface area (Å²) in [6, 6.07) is 7.33. The lowest BCUT2D eigenvalue weighted by Crippen LogP contribution is -2.03. The van der Waals surface area contributed by atoms with Crippen molar-refractivity contribution in [2.24, 2.45) is 0 Å². The molecule has 5 heteroatoms. The minimum absolute atomic E-state index is 0. The van der Waals surface area contributed by atoms with Crippen LogP contribution in [0.3, 0.4) is 0 Å². The lowest BCUT2D eigenvalue weighted by molar-refractivity contribution is 0.0827. The fourth-order valence-electron chi connectivity index (χ4n) is 0.895.